The second-order valence-corrected chi connectivity index (χ2v) is 19.2. The summed E-state index contributed by atoms with van der Waals surface area (Å²) in [5.74, 6) is -0.861. The summed E-state index contributed by atoms with van der Waals surface area (Å²) in [5, 5.41) is 0. The van der Waals surface area contributed by atoms with Crippen LogP contribution in [0.25, 0.3) is 0 Å². The third kappa shape index (κ3) is 49.5. The number of rotatable bonds is 50. The van der Waals surface area contributed by atoms with Gasteiger partial charge in [0, 0.05) is 19.4 Å². The van der Waals surface area contributed by atoms with Gasteiger partial charge in [-0.25, -0.2) is 4.57 Å². The van der Waals surface area contributed by atoms with Gasteiger partial charge in [-0.3, -0.25) is 18.6 Å². The molecule has 2 atom stereocenters. The lowest BCUT2D eigenvalue weighted by Crippen LogP contribution is -2.29. The molecule has 9 nitrogen and oxygen atoms in total. The van der Waals surface area contributed by atoms with Gasteiger partial charge in [0.1, 0.15) is 6.61 Å². The molecule has 0 aliphatic rings. The minimum atomic E-state index is -4.39. The molecule has 0 radical (unpaired) electrons. The predicted molar refractivity (Wildman–Crippen MR) is 266 cm³/mol. The van der Waals surface area contributed by atoms with Gasteiger partial charge in [-0.1, -0.05) is 217 Å². The Morgan fingerprint density at radius 1 is 0.476 bits per heavy atom. The Balaban J connectivity index is 4.03. The average molecular weight is 910 g/mol. The molecule has 0 rings (SSSR count). The van der Waals surface area contributed by atoms with Crippen LogP contribution in [0.4, 0.5) is 0 Å². The Hall–Kier alpha value is -1.77. The molecule has 0 aliphatic heterocycles. The van der Waals surface area contributed by atoms with Crippen LogP contribution in [0.5, 0.6) is 0 Å². The fraction of sp³-hybridized carbons (Fsp3) is 0.849. The summed E-state index contributed by atoms with van der Waals surface area (Å²) in [7, 11) is -4.39. The molecule has 0 aromatic carbocycles. The highest BCUT2D eigenvalue weighted by atomic mass is 31.2. The molecule has 63 heavy (non-hydrogen) atoms. The molecular formula is C53H100NO8P. The highest BCUT2D eigenvalue weighted by Crippen LogP contribution is 2.43. The van der Waals surface area contributed by atoms with Crippen molar-refractivity contribution in [3.05, 3.63) is 36.5 Å². The van der Waals surface area contributed by atoms with Crippen LogP contribution in [-0.2, 0) is 32.7 Å². The van der Waals surface area contributed by atoms with E-state index in [9.17, 15) is 19.0 Å². The monoisotopic (exact) mass is 910 g/mol. The van der Waals surface area contributed by atoms with E-state index in [1.165, 1.54) is 173 Å². The standard InChI is InChI=1S/C53H100NO8P/c1-3-5-7-9-11-13-15-17-19-21-23-24-25-26-28-29-31-33-35-37-39-41-43-45-52(55)59-49-51(50-61-63(57,58)60-48-47-54)62-53(56)46-44-42-40-38-36-34-32-30-27-22-20-18-16-14-12-10-8-6-4-2/h12,14,18,20,37,39,51H,3-11,13,15-17,19,21-36,38,40-50,54H2,1-2H3,(H,57,58)/b14-12+,20-18+,39-37+/t51-/m1/s1. The third-order valence-electron chi connectivity index (χ3n) is 11.5. The van der Waals surface area contributed by atoms with E-state index in [0.29, 0.717) is 12.8 Å². The van der Waals surface area contributed by atoms with E-state index in [1.54, 1.807) is 0 Å². The van der Waals surface area contributed by atoms with Crippen molar-refractivity contribution < 1.29 is 37.6 Å². The van der Waals surface area contributed by atoms with Crippen LogP contribution in [0, 0.1) is 0 Å². The number of hydrogen-bond donors (Lipinski definition) is 2. The second kappa shape index (κ2) is 49.7. The summed E-state index contributed by atoms with van der Waals surface area (Å²) in [6, 6.07) is 0. The molecule has 0 bridgehead atoms. The minimum Gasteiger partial charge on any atom is -0.462 e. The summed E-state index contributed by atoms with van der Waals surface area (Å²) in [6.07, 6.45) is 57.7. The Kier molecular flexibility index (Phi) is 48.3. The summed E-state index contributed by atoms with van der Waals surface area (Å²) in [5.41, 5.74) is 5.37. The summed E-state index contributed by atoms with van der Waals surface area (Å²) in [4.78, 5) is 35.1. The van der Waals surface area contributed by atoms with Gasteiger partial charge in [0.2, 0.25) is 0 Å². The molecule has 0 amide bonds. The van der Waals surface area contributed by atoms with Crippen molar-refractivity contribution in [3.63, 3.8) is 0 Å². The van der Waals surface area contributed by atoms with E-state index in [0.717, 1.165) is 44.9 Å². The Morgan fingerprint density at radius 3 is 1.30 bits per heavy atom. The number of unbranched alkanes of at least 4 members (excludes halogenated alkanes) is 31. The Bertz CT molecular complexity index is 1130. The number of ether oxygens (including phenoxy) is 2. The number of carbonyl (C=O) groups excluding carboxylic acids is 2. The van der Waals surface area contributed by atoms with Crippen LogP contribution in [0.2, 0.25) is 0 Å². The maximum atomic E-state index is 12.6. The van der Waals surface area contributed by atoms with Crippen molar-refractivity contribution in [2.24, 2.45) is 5.73 Å². The van der Waals surface area contributed by atoms with Crippen molar-refractivity contribution in [1.29, 1.82) is 0 Å². The lowest BCUT2D eigenvalue weighted by molar-refractivity contribution is -0.161. The number of phosphoric acid groups is 1. The van der Waals surface area contributed by atoms with E-state index in [2.05, 4.69) is 50.3 Å². The van der Waals surface area contributed by atoms with E-state index in [-0.39, 0.29) is 32.6 Å². The molecule has 0 aromatic heterocycles. The van der Waals surface area contributed by atoms with Crippen LogP contribution >= 0.6 is 7.82 Å². The van der Waals surface area contributed by atoms with Crippen molar-refractivity contribution in [1.82, 2.24) is 0 Å². The molecular weight excluding hydrogens is 810 g/mol. The number of phosphoric ester groups is 1. The number of nitrogens with two attached hydrogens (primary N) is 1. The summed E-state index contributed by atoms with van der Waals surface area (Å²) in [6.45, 7) is 3.72. The van der Waals surface area contributed by atoms with E-state index >= 15 is 0 Å². The maximum Gasteiger partial charge on any atom is 0.472 e. The second-order valence-electron chi connectivity index (χ2n) is 17.7. The average Bonchev–Trinajstić information content (AvgIpc) is 3.27. The van der Waals surface area contributed by atoms with Gasteiger partial charge < -0.3 is 20.1 Å². The van der Waals surface area contributed by atoms with E-state index in [1.807, 2.05) is 0 Å². The van der Waals surface area contributed by atoms with Gasteiger partial charge in [-0.05, 0) is 64.2 Å². The van der Waals surface area contributed by atoms with Gasteiger partial charge in [0.15, 0.2) is 6.10 Å². The summed E-state index contributed by atoms with van der Waals surface area (Å²) >= 11 is 0. The topological polar surface area (TPSA) is 134 Å². The lowest BCUT2D eigenvalue weighted by Gasteiger charge is -2.19. The first-order valence-electron chi connectivity index (χ1n) is 26.5. The van der Waals surface area contributed by atoms with Crippen molar-refractivity contribution in [3.8, 4) is 0 Å². The van der Waals surface area contributed by atoms with Crippen LogP contribution in [-0.4, -0.2) is 49.3 Å². The molecule has 10 heteroatoms. The predicted octanol–water partition coefficient (Wildman–Crippen LogP) is 16.1. The zero-order chi connectivity index (χ0) is 46.0. The zero-order valence-corrected chi connectivity index (χ0v) is 42.0. The molecule has 0 aliphatic carbocycles. The molecule has 0 spiro atoms. The highest BCUT2D eigenvalue weighted by Gasteiger charge is 2.26. The van der Waals surface area contributed by atoms with Crippen molar-refractivity contribution >= 4 is 19.8 Å². The molecule has 0 saturated heterocycles. The minimum absolute atomic E-state index is 0.0499. The smallest absolute Gasteiger partial charge is 0.462 e. The van der Waals surface area contributed by atoms with Crippen LogP contribution in [0.3, 0.4) is 0 Å². The molecule has 3 N–H and O–H groups in total. The SMILES string of the molecule is CCCCC/C=C/C/C=C/CCCCCCCCCCCC(=O)O[C@H](COC(=O)CCC/C=C/CCCCCCCCCCCCCCCCCCCC)COP(=O)(O)OCCN. The molecule has 0 aromatic rings. The Labute approximate surface area is 388 Å². The van der Waals surface area contributed by atoms with Crippen LogP contribution in [0.1, 0.15) is 258 Å². The van der Waals surface area contributed by atoms with E-state index < -0.39 is 32.5 Å². The van der Waals surface area contributed by atoms with Gasteiger partial charge >= 0.3 is 19.8 Å². The van der Waals surface area contributed by atoms with Crippen LogP contribution in [0.15, 0.2) is 36.5 Å². The molecule has 0 heterocycles. The first-order valence-corrected chi connectivity index (χ1v) is 28.0. The third-order valence-corrected chi connectivity index (χ3v) is 12.5. The van der Waals surface area contributed by atoms with Crippen LogP contribution < -0.4 is 5.73 Å². The van der Waals surface area contributed by atoms with Gasteiger partial charge in [0.25, 0.3) is 0 Å². The first-order chi connectivity index (χ1) is 30.8. The molecule has 0 saturated carbocycles. The first kappa shape index (κ1) is 61.2. The number of hydrogen-bond acceptors (Lipinski definition) is 8. The Morgan fingerprint density at radius 2 is 0.841 bits per heavy atom. The quantitative estimate of drug-likeness (QED) is 0.0265. The van der Waals surface area contributed by atoms with E-state index in [4.69, 9.17) is 24.3 Å². The summed E-state index contributed by atoms with van der Waals surface area (Å²) < 4.78 is 32.9. The number of esters is 2. The fourth-order valence-electron chi connectivity index (χ4n) is 7.55. The zero-order valence-electron chi connectivity index (χ0n) is 41.1. The van der Waals surface area contributed by atoms with Gasteiger partial charge in [0.05, 0.1) is 13.2 Å². The number of allylic oxidation sites excluding steroid dienone is 6. The molecule has 0 fully saturated rings. The largest absolute Gasteiger partial charge is 0.472 e. The molecule has 370 valence electrons. The fourth-order valence-corrected chi connectivity index (χ4v) is 8.32. The van der Waals surface area contributed by atoms with Crippen molar-refractivity contribution in [2.45, 2.75) is 264 Å². The highest BCUT2D eigenvalue weighted by molar-refractivity contribution is 7.47. The molecule has 1 unspecified atom stereocenters. The number of carbonyl (C=O) groups is 2. The lowest BCUT2D eigenvalue weighted by atomic mass is 10.0. The van der Waals surface area contributed by atoms with Gasteiger partial charge in [-0.2, -0.15) is 0 Å². The normalized spacial score (nSPS) is 13.4. The van der Waals surface area contributed by atoms with Crippen molar-refractivity contribution in [2.75, 3.05) is 26.4 Å². The van der Waals surface area contributed by atoms with Gasteiger partial charge in [-0.15, -0.1) is 0 Å². The maximum absolute atomic E-state index is 12.6.